The van der Waals surface area contributed by atoms with E-state index in [0.29, 0.717) is 30.5 Å². The molecule has 1 heterocycles. The van der Waals surface area contributed by atoms with Crippen molar-refractivity contribution in [1.29, 1.82) is 0 Å². The fourth-order valence-electron chi connectivity index (χ4n) is 1.80. The molecule has 7 heteroatoms. The highest BCUT2D eigenvalue weighted by molar-refractivity contribution is 5.91. The zero-order valence-corrected chi connectivity index (χ0v) is 12.9. The number of hydrogen-bond donors (Lipinski definition) is 3. The summed E-state index contributed by atoms with van der Waals surface area (Å²) in [7, 11) is 0. The van der Waals surface area contributed by atoms with Crippen LogP contribution >= 0.6 is 12.4 Å². The number of benzene rings is 1. The number of nitrogens with two attached hydrogens (primary N) is 1. The summed E-state index contributed by atoms with van der Waals surface area (Å²) in [5.74, 6) is 1.62. The molecule has 2 aromatic rings. The predicted octanol–water partition coefficient (Wildman–Crippen LogP) is 2.34. The van der Waals surface area contributed by atoms with Gasteiger partial charge in [-0.3, -0.25) is 9.89 Å². The van der Waals surface area contributed by atoms with E-state index in [9.17, 15) is 4.79 Å². The van der Waals surface area contributed by atoms with E-state index in [0.717, 1.165) is 11.3 Å². The number of aromatic amines is 1. The zero-order valence-electron chi connectivity index (χ0n) is 12.1. The van der Waals surface area contributed by atoms with Crippen LogP contribution in [0, 0.1) is 5.92 Å². The van der Waals surface area contributed by atoms with E-state index in [2.05, 4.69) is 20.5 Å². The molecule has 0 saturated heterocycles. The Bertz CT molecular complexity index is 579. The number of carbonyl (C=O) groups excluding carboxylic acids is 1. The minimum Gasteiger partial charge on any atom is -0.326 e. The third kappa shape index (κ3) is 4.84. The normalized spacial score (nSPS) is 10.3. The quantitative estimate of drug-likeness (QED) is 0.789. The molecule has 1 amide bonds. The van der Waals surface area contributed by atoms with Crippen molar-refractivity contribution in [1.82, 2.24) is 15.2 Å². The summed E-state index contributed by atoms with van der Waals surface area (Å²) in [6.07, 6.45) is 0.516. The lowest BCUT2D eigenvalue weighted by Crippen LogP contribution is -2.13. The molecule has 21 heavy (non-hydrogen) atoms. The molecule has 1 aromatic carbocycles. The lowest BCUT2D eigenvalue weighted by Gasteiger charge is -2.07. The number of anilines is 1. The maximum atomic E-state index is 11.7. The van der Waals surface area contributed by atoms with Gasteiger partial charge in [-0.1, -0.05) is 13.8 Å². The second-order valence-electron chi connectivity index (χ2n) is 5.03. The molecule has 114 valence electrons. The van der Waals surface area contributed by atoms with Crippen LogP contribution in [-0.2, 0) is 11.3 Å². The summed E-state index contributed by atoms with van der Waals surface area (Å²) in [6, 6.07) is 7.42. The highest BCUT2D eigenvalue weighted by Gasteiger charge is 2.07. The van der Waals surface area contributed by atoms with Gasteiger partial charge < -0.3 is 11.1 Å². The highest BCUT2D eigenvalue weighted by Crippen LogP contribution is 2.18. The number of halogens is 1. The molecule has 0 bridgehead atoms. The molecule has 0 radical (unpaired) electrons. The predicted molar refractivity (Wildman–Crippen MR) is 85.0 cm³/mol. The second-order valence-corrected chi connectivity index (χ2v) is 5.03. The van der Waals surface area contributed by atoms with Gasteiger partial charge in [0, 0.05) is 17.7 Å². The first-order valence-corrected chi connectivity index (χ1v) is 6.60. The number of H-pyrrole nitrogens is 1. The van der Waals surface area contributed by atoms with Gasteiger partial charge in [-0.05, 0) is 30.2 Å². The number of carbonyl (C=O) groups is 1. The van der Waals surface area contributed by atoms with Crippen molar-refractivity contribution >= 4 is 24.0 Å². The van der Waals surface area contributed by atoms with E-state index in [1.165, 1.54) is 0 Å². The molecule has 0 unspecified atom stereocenters. The molecule has 4 N–H and O–H groups in total. The number of hydrogen-bond acceptors (Lipinski definition) is 4. The van der Waals surface area contributed by atoms with E-state index in [-0.39, 0.29) is 18.3 Å². The number of aromatic nitrogens is 3. The Kier molecular flexibility index (Phi) is 6.33. The average Bonchev–Trinajstić information content (AvgIpc) is 2.87. The summed E-state index contributed by atoms with van der Waals surface area (Å²) in [5.41, 5.74) is 7.13. The summed E-state index contributed by atoms with van der Waals surface area (Å²) >= 11 is 0. The number of nitrogens with one attached hydrogen (secondary N) is 2. The average molecular weight is 310 g/mol. The van der Waals surface area contributed by atoms with Gasteiger partial charge in [-0.15, -0.1) is 12.4 Å². The summed E-state index contributed by atoms with van der Waals surface area (Å²) in [4.78, 5) is 15.9. The SMILES string of the molecule is CC(C)CC(=O)Nc1ccc(-c2n[nH]c(CN)n2)cc1.Cl. The van der Waals surface area contributed by atoms with Crippen molar-refractivity contribution in [3.05, 3.63) is 30.1 Å². The number of nitrogens with zero attached hydrogens (tertiary/aromatic N) is 2. The van der Waals surface area contributed by atoms with Gasteiger partial charge in [0.05, 0.1) is 6.54 Å². The first kappa shape index (κ1) is 17.1. The first-order chi connectivity index (χ1) is 9.58. The maximum absolute atomic E-state index is 11.7. The minimum absolute atomic E-state index is 0. The standard InChI is InChI=1S/C14H19N5O.ClH/c1-9(2)7-13(20)16-11-5-3-10(4-6-11)14-17-12(8-15)18-19-14;/h3-6,9H,7-8,15H2,1-2H3,(H,16,20)(H,17,18,19);1H. The molecule has 0 spiro atoms. The Labute approximate surface area is 129 Å². The first-order valence-electron chi connectivity index (χ1n) is 6.60. The van der Waals surface area contributed by atoms with Gasteiger partial charge in [0.25, 0.3) is 0 Å². The van der Waals surface area contributed by atoms with Crippen molar-refractivity contribution < 1.29 is 4.79 Å². The highest BCUT2D eigenvalue weighted by atomic mass is 35.5. The fraction of sp³-hybridized carbons (Fsp3) is 0.357. The Balaban J connectivity index is 0.00000220. The minimum atomic E-state index is 0. The number of amides is 1. The fourth-order valence-corrected chi connectivity index (χ4v) is 1.80. The molecular formula is C14H20ClN5O. The molecule has 6 nitrogen and oxygen atoms in total. The van der Waals surface area contributed by atoms with Gasteiger partial charge >= 0.3 is 0 Å². The van der Waals surface area contributed by atoms with Crippen LogP contribution in [0.25, 0.3) is 11.4 Å². The molecule has 0 fully saturated rings. The number of rotatable bonds is 5. The third-order valence-corrected chi connectivity index (χ3v) is 2.75. The second kappa shape index (κ2) is 7.75. The zero-order chi connectivity index (χ0) is 14.5. The lowest BCUT2D eigenvalue weighted by atomic mass is 10.1. The van der Waals surface area contributed by atoms with E-state index in [4.69, 9.17) is 5.73 Å². The van der Waals surface area contributed by atoms with Crippen LogP contribution in [0.15, 0.2) is 24.3 Å². The molecular weight excluding hydrogens is 290 g/mol. The Hall–Kier alpha value is -1.92. The van der Waals surface area contributed by atoms with Crippen molar-refractivity contribution in [2.24, 2.45) is 11.7 Å². The van der Waals surface area contributed by atoms with Crippen molar-refractivity contribution in [2.45, 2.75) is 26.8 Å². The van der Waals surface area contributed by atoms with E-state index < -0.39 is 0 Å². The van der Waals surface area contributed by atoms with E-state index >= 15 is 0 Å². The Morgan fingerprint density at radius 1 is 1.33 bits per heavy atom. The van der Waals surface area contributed by atoms with E-state index in [1.54, 1.807) is 0 Å². The van der Waals surface area contributed by atoms with Gasteiger partial charge in [0.15, 0.2) is 5.82 Å². The van der Waals surface area contributed by atoms with Crippen LogP contribution in [0.5, 0.6) is 0 Å². The van der Waals surface area contributed by atoms with Crippen molar-refractivity contribution in [3.63, 3.8) is 0 Å². The largest absolute Gasteiger partial charge is 0.326 e. The molecule has 0 saturated carbocycles. The smallest absolute Gasteiger partial charge is 0.224 e. The van der Waals surface area contributed by atoms with Gasteiger partial charge in [-0.25, -0.2) is 4.98 Å². The topological polar surface area (TPSA) is 96.7 Å². The van der Waals surface area contributed by atoms with Crippen molar-refractivity contribution in [3.8, 4) is 11.4 Å². The Morgan fingerprint density at radius 3 is 2.52 bits per heavy atom. The molecule has 2 rings (SSSR count). The van der Waals surface area contributed by atoms with Crippen LogP contribution < -0.4 is 11.1 Å². The molecule has 0 atom stereocenters. The van der Waals surface area contributed by atoms with Crippen LogP contribution in [-0.4, -0.2) is 21.1 Å². The molecule has 1 aromatic heterocycles. The third-order valence-electron chi connectivity index (χ3n) is 2.75. The summed E-state index contributed by atoms with van der Waals surface area (Å²) in [5, 5.41) is 9.71. The van der Waals surface area contributed by atoms with Crippen LogP contribution in [0.3, 0.4) is 0 Å². The van der Waals surface area contributed by atoms with Crippen molar-refractivity contribution in [2.75, 3.05) is 5.32 Å². The van der Waals surface area contributed by atoms with Gasteiger partial charge in [0.1, 0.15) is 5.82 Å². The molecule has 0 aliphatic heterocycles. The summed E-state index contributed by atoms with van der Waals surface area (Å²) < 4.78 is 0. The maximum Gasteiger partial charge on any atom is 0.224 e. The molecule has 0 aliphatic rings. The molecule has 0 aliphatic carbocycles. The lowest BCUT2D eigenvalue weighted by molar-refractivity contribution is -0.116. The van der Waals surface area contributed by atoms with Gasteiger partial charge in [-0.2, -0.15) is 5.10 Å². The monoisotopic (exact) mass is 309 g/mol. The van der Waals surface area contributed by atoms with Crippen LogP contribution in [0.1, 0.15) is 26.1 Å². The summed E-state index contributed by atoms with van der Waals surface area (Å²) in [6.45, 7) is 4.36. The van der Waals surface area contributed by atoms with E-state index in [1.807, 2.05) is 38.1 Å². The van der Waals surface area contributed by atoms with Crippen LogP contribution in [0.4, 0.5) is 5.69 Å². The van der Waals surface area contributed by atoms with Crippen LogP contribution in [0.2, 0.25) is 0 Å². The Morgan fingerprint density at radius 2 is 2.00 bits per heavy atom. The van der Waals surface area contributed by atoms with Gasteiger partial charge in [0.2, 0.25) is 5.91 Å².